The second kappa shape index (κ2) is 4.96. The van der Waals surface area contributed by atoms with Gasteiger partial charge in [0.15, 0.2) is 0 Å². The average Bonchev–Trinajstić information content (AvgIpc) is 2.21. The summed E-state index contributed by atoms with van der Waals surface area (Å²) >= 11 is 0. The summed E-state index contributed by atoms with van der Waals surface area (Å²) in [5, 5.41) is 5.73. The maximum atomic E-state index is 11.1. The van der Waals surface area contributed by atoms with Gasteiger partial charge in [0.05, 0.1) is 0 Å². The molecule has 0 aromatic heterocycles. The SMILES string of the molecule is CNc1c(NCCCC(C)C)c(=O)c1=O. The van der Waals surface area contributed by atoms with Gasteiger partial charge in [0, 0.05) is 13.6 Å². The van der Waals surface area contributed by atoms with Crippen LogP contribution in [-0.4, -0.2) is 13.6 Å². The Morgan fingerprint density at radius 2 is 1.73 bits per heavy atom. The topological polar surface area (TPSA) is 58.2 Å². The lowest BCUT2D eigenvalue weighted by Gasteiger charge is -2.12. The molecule has 2 N–H and O–H groups in total. The molecule has 4 heteroatoms. The number of nitrogens with one attached hydrogen (secondary N) is 2. The van der Waals surface area contributed by atoms with E-state index in [1.807, 2.05) is 0 Å². The van der Waals surface area contributed by atoms with E-state index in [0.29, 0.717) is 17.3 Å². The molecule has 15 heavy (non-hydrogen) atoms. The van der Waals surface area contributed by atoms with E-state index in [1.54, 1.807) is 7.05 Å². The summed E-state index contributed by atoms with van der Waals surface area (Å²) in [7, 11) is 1.65. The molecule has 1 rings (SSSR count). The lowest BCUT2D eigenvalue weighted by Crippen LogP contribution is -2.36. The minimum atomic E-state index is -0.413. The highest BCUT2D eigenvalue weighted by molar-refractivity contribution is 5.73. The predicted molar refractivity (Wildman–Crippen MR) is 63.5 cm³/mol. The van der Waals surface area contributed by atoms with Gasteiger partial charge in [0.1, 0.15) is 11.4 Å². The fraction of sp³-hybridized carbons (Fsp3) is 0.636. The number of rotatable bonds is 6. The van der Waals surface area contributed by atoms with Crippen LogP contribution in [0.1, 0.15) is 26.7 Å². The molecule has 1 aromatic carbocycles. The highest BCUT2D eigenvalue weighted by Gasteiger charge is 2.18. The van der Waals surface area contributed by atoms with Gasteiger partial charge in [0.2, 0.25) is 0 Å². The van der Waals surface area contributed by atoms with Crippen LogP contribution in [0.15, 0.2) is 9.59 Å². The highest BCUT2D eigenvalue weighted by Crippen LogP contribution is 2.13. The van der Waals surface area contributed by atoms with E-state index in [0.717, 1.165) is 19.4 Å². The Bertz CT molecular complexity index is 389. The Kier molecular flexibility index (Phi) is 3.88. The van der Waals surface area contributed by atoms with Crippen molar-refractivity contribution in [3.05, 3.63) is 20.4 Å². The van der Waals surface area contributed by atoms with Gasteiger partial charge in [-0.3, -0.25) is 9.59 Å². The molecule has 0 saturated heterocycles. The fourth-order valence-electron chi connectivity index (χ4n) is 1.52. The van der Waals surface area contributed by atoms with Gasteiger partial charge in [0.25, 0.3) is 10.9 Å². The van der Waals surface area contributed by atoms with Crippen LogP contribution >= 0.6 is 0 Å². The van der Waals surface area contributed by atoms with Crippen molar-refractivity contribution in [1.29, 1.82) is 0 Å². The van der Waals surface area contributed by atoms with Gasteiger partial charge < -0.3 is 10.6 Å². The van der Waals surface area contributed by atoms with Crippen molar-refractivity contribution in [2.45, 2.75) is 26.7 Å². The van der Waals surface area contributed by atoms with E-state index in [2.05, 4.69) is 24.5 Å². The molecule has 0 fully saturated rings. The van der Waals surface area contributed by atoms with E-state index in [1.165, 1.54) is 0 Å². The Hall–Kier alpha value is -1.32. The van der Waals surface area contributed by atoms with Crippen LogP contribution < -0.4 is 21.5 Å². The second-order valence-corrected chi connectivity index (χ2v) is 4.12. The van der Waals surface area contributed by atoms with Crippen LogP contribution in [0, 0.1) is 5.92 Å². The van der Waals surface area contributed by atoms with Crippen molar-refractivity contribution < 1.29 is 0 Å². The molecule has 0 atom stereocenters. The Morgan fingerprint density at radius 1 is 1.13 bits per heavy atom. The van der Waals surface area contributed by atoms with Gasteiger partial charge in [-0.2, -0.15) is 0 Å². The lowest BCUT2D eigenvalue weighted by molar-refractivity contribution is 0.567. The second-order valence-electron chi connectivity index (χ2n) is 4.12. The van der Waals surface area contributed by atoms with Crippen molar-refractivity contribution >= 4 is 11.4 Å². The first-order valence-electron chi connectivity index (χ1n) is 5.32. The van der Waals surface area contributed by atoms with Gasteiger partial charge in [-0.25, -0.2) is 0 Å². The molecule has 1 aromatic rings. The molecule has 0 bridgehead atoms. The standard InChI is InChI=1S/C11H18N2O2/c1-7(2)5-4-6-13-9-8(12-3)10(14)11(9)15/h7,12-13H,4-6H2,1-3H3. The van der Waals surface area contributed by atoms with Crippen LogP contribution in [0.5, 0.6) is 0 Å². The first-order valence-corrected chi connectivity index (χ1v) is 5.32. The Morgan fingerprint density at radius 3 is 2.27 bits per heavy atom. The molecule has 0 aliphatic carbocycles. The molecule has 4 nitrogen and oxygen atoms in total. The summed E-state index contributed by atoms with van der Waals surface area (Å²) in [6.07, 6.45) is 2.14. The molecule has 0 saturated carbocycles. The summed E-state index contributed by atoms with van der Waals surface area (Å²) in [5.41, 5.74) is 0.0589. The van der Waals surface area contributed by atoms with E-state index in [4.69, 9.17) is 0 Å². The molecule has 0 heterocycles. The van der Waals surface area contributed by atoms with Crippen molar-refractivity contribution in [3.8, 4) is 0 Å². The molecule has 84 valence electrons. The zero-order valence-electron chi connectivity index (χ0n) is 9.52. The molecule has 0 aliphatic rings. The van der Waals surface area contributed by atoms with Crippen LogP contribution in [0.3, 0.4) is 0 Å². The summed E-state index contributed by atoms with van der Waals surface area (Å²) in [6, 6.07) is 0. The van der Waals surface area contributed by atoms with Gasteiger partial charge in [-0.15, -0.1) is 0 Å². The maximum absolute atomic E-state index is 11.1. The van der Waals surface area contributed by atoms with E-state index >= 15 is 0 Å². The third kappa shape index (κ3) is 2.58. The number of hydrogen-bond acceptors (Lipinski definition) is 4. The van der Waals surface area contributed by atoms with Crippen molar-refractivity contribution in [2.75, 3.05) is 24.2 Å². The summed E-state index contributed by atoms with van der Waals surface area (Å²) in [4.78, 5) is 22.2. The Labute approximate surface area is 89.4 Å². The fourth-order valence-corrected chi connectivity index (χ4v) is 1.52. The van der Waals surface area contributed by atoms with Gasteiger partial charge in [-0.1, -0.05) is 13.8 Å². The molecular weight excluding hydrogens is 192 g/mol. The lowest BCUT2D eigenvalue weighted by atomic mass is 10.1. The smallest absolute Gasteiger partial charge is 0.253 e. The zero-order valence-corrected chi connectivity index (χ0v) is 9.52. The summed E-state index contributed by atoms with van der Waals surface area (Å²) < 4.78 is 0. The third-order valence-corrected chi connectivity index (χ3v) is 2.42. The highest BCUT2D eigenvalue weighted by atomic mass is 16.2. The first-order chi connectivity index (χ1) is 7.07. The molecule has 0 radical (unpaired) electrons. The van der Waals surface area contributed by atoms with Crippen LogP contribution in [-0.2, 0) is 0 Å². The largest absolute Gasteiger partial charge is 0.383 e. The van der Waals surface area contributed by atoms with Gasteiger partial charge in [-0.05, 0) is 18.8 Å². The van der Waals surface area contributed by atoms with E-state index in [-0.39, 0.29) is 0 Å². The minimum absolute atomic E-state index is 0.399. The van der Waals surface area contributed by atoms with Crippen LogP contribution in [0.2, 0.25) is 0 Å². The van der Waals surface area contributed by atoms with Crippen LogP contribution in [0.25, 0.3) is 0 Å². The van der Waals surface area contributed by atoms with Crippen molar-refractivity contribution in [2.24, 2.45) is 5.92 Å². The molecule has 0 unspecified atom stereocenters. The molecule has 0 amide bonds. The monoisotopic (exact) mass is 210 g/mol. The van der Waals surface area contributed by atoms with Gasteiger partial charge >= 0.3 is 0 Å². The van der Waals surface area contributed by atoms with Crippen molar-refractivity contribution in [3.63, 3.8) is 0 Å². The first kappa shape index (κ1) is 11.8. The molecule has 0 spiro atoms. The van der Waals surface area contributed by atoms with Crippen molar-refractivity contribution in [1.82, 2.24) is 0 Å². The minimum Gasteiger partial charge on any atom is -0.383 e. The summed E-state index contributed by atoms with van der Waals surface area (Å²) in [6.45, 7) is 5.07. The zero-order chi connectivity index (χ0) is 11.4. The average molecular weight is 210 g/mol. The maximum Gasteiger partial charge on any atom is 0.253 e. The summed E-state index contributed by atoms with van der Waals surface area (Å²) in [5.74, 6) is 0.670. The van der Waals surface area contributed by atoms with E-state index in [9.17, 15) is 9.59 Å². The normalized spacial score (nSPS) is 10.9. The number of anilines is 2. The number of hydrogen-bond donors (Lipinski definition) is 2. The Balaban J connectivity index is 2.42. The van der Waals surface area contributed by atoms with Crippen LogP contribution in [0.4, 0.5) is 11.4 Å². The third-order valence-electron chi connectivity index (χ3n) is 2.42. The molecular formula is C11H18N2O2. The quantitative estimate of drug-likeness (QED) is 0.546. The molecule has 0 aliphatic heterocycles. The van der Waals surface area contributed by atoms with E-state index < -0.39 is 10.9 Å². The predicted octanol–water partition coefficient (Wildman–Crippen LogP) is 1.17.